The number of fused-ring (bicyclic) bond motifs is 1. The van der Waals surface area contributed by atoms with Gasteiger partial charge in [-0.1, -0.05) is 6.07 Å². The fraction of sp³-hybridized carbons (Fsp3) is 0.286. The maximum atomic E-state index is 13.0. The predicted molar refractivity (Wildman–Crippen MR) is 81.2 cm³/mol. The molecule has 1 aliphatic heterocycles. The van der Waals surface area contributed by atoms with Crippen LogP contribution in [0.1, 0.15) is 11.3 Å². The van der Waals surface area contributed by atoms with Crippen LogP contribution in [0.4, 0.5) is 13.2 Å². The molecular weight excluding hydrogens is 395 g/mol. The lowest BCUT2D eigenvalue weighted by Gasteiger charge is -2.32. The van der Waals surface area contributed by atoms with Crippen LogP contribution in [0.5, 0.6) is 11.5 Å². The molecule has 13 heteroatoms. The van der Waals surface area contributed by atoms with Crippen molar-refractivity contribution >= 4 is 16.0 Å². The third-order valence-electron chi connectivity index (χ3n) is 3.92. The molecule has 1 aromatic carbocycles. The normalized spacial score (nSPS) is 18.1. The molecule has 1 atom stereocenters. The van der Waals surface area contributed by atoms with E-state index in [0.717, 1.165) is 12.1 Å². The number of aromatic hydroxyl groups is 1. The molecule has 1 aliphatic rings. The van der Waals surface area contributed by atoms with E-state index >= 15 is 0 Å². The zero-order valence-corrected chi connectivity index (χ0v) is 14.1. The highest BCUT2D eigenvalue weighted by Gasteiger charge is 2.44. The molecule has 27 heavy (non-hydrogen) atoms. The highest BCUT2D eigenvalue weighted by Crippen LogP contribution is 2.39. The summed E-state index contributed by atoms with van der Waals surface area (Å²) in [5, 5.41) is 25.5. The van der Waals surface area contributed by atoms with Gasteiger partial charge in [-0.25, -0.2) is 8.42 Å². The van der Waals surface area contributed by atoms with E-state index in [1.165, 1.54) is 6.20 Å². The summed E-state index contributed by atoms with van der Waals surface area (Å²) < 4.78 is 68.0. The summed E-state index contributed by atoms with van der Waals surface area (Å²) >= 11 is 0. The summed E-state index contributed by atoms with van der Waals surface area (Å²) in [7, 11) is -4.88. The first-order valence-electron chi connectivity index (χ1n) is 7.34. The highest BCUT2D eigenvalue weighted by atomic mass is 32.2. The van der Waals surface area contributed by atoms with Crippen molar-refractivity contribution in [3.63, 3.8) is 0 Å². The van der Waals surface area contributed by atoms with Gasteiger partial charge in [-0.05, 0) is 17.7 Å². The third-order valence-corrected chi connectivity index (χ3v) is 5.85. The number of alkyl halides is 3. The standard InChI is InChI=1S/C14H12F3N3O6S/c15-14(16,17)26-11-3-1-2-10(21)12(11)27(24,25)20-6-8-7(5-18-19-8)4-9(20)13(22)23/h1-3,5,9,21H,4,6H2,(H,18,19)(H,22,23). The molecule has 0 radical (unpaired) electrons. The number of aromatic nitrogens is 2. The monoisotopic (exact) mass is 407 g/mol. The van der Waals surface area contributed by atoms with Crippen molar-refractivity contribution in [1.29, 1.82) is 0 Å². The molecule has 0 bridgehead atoms. The molecule has 9 nitrogen and oxygen atoms in total. The molecular formula is C14H12F3N3O6S. The van der Waals surface area contributed by atoms with Crippen LogP contribution in [-0.2, 0) is 27.8 Å². The molecule has 1 aromatic heterocycles. The minimum Gasteiger partial charge on any atom is -0.506 e. The van der Waals surface area contributed by atoms with Crippen molar-refractivity contribution in [2.75, 3.05) is 0 Å². The SMILES string of the molecule is O=C(O)C1Cc2cn[nH]c2CN1S(=O)(=O)c1c(O)cccc1OC(F)(F)F. The largest absolute Gasteiger partial charge is 0.573 e. The number of nitrogens with one attached hydrogen (secondary N) is 1. The average Bonchev–Trinajstić information content (AvgIpc) is 2.99. The van der Waals surface area contributed by atoms with Gasteiger partial charge in [-0.15, -0.1) is 13.2 Å². The van der Waals surface area contributed by atoms with Crippen LogP contribution < -0.4 is 4.74 Å². The van der Waals surface area contributed by atoms with E-state index in [-0.39, 0.29) is 6.42 Å². The van der Waals surface area contributed by atoms with E-state index in [1.807, 2.05) is 0 Å². The Morgan fingerprint density at radius 1 is 1.37 bits per heavy atom. The lowest BCUT2D eigenvalue weighted by molar-refractivity contribution is -0.275. The lowest BCUT2D eigenvalue weighted by atomic mass is 10.0. The van der Waals surface area contributed by atoms with Gasteiger partial charge in [-0.2, -0.15) is 9.40 Å². The summed E-state index contributed by atoms with van der Waals surface area (Å²) in [6, 6.07) is 0.935. The topological polar surface area (TPSA) is 133 Å². The van der Waals surface area contributed by atoms with E-state index in [4.69, 9.17) is 0 Å². The second kappa shape index (κ2) is 6.42. The zero-order chi connectivity index (χ0) is 20.0. The molecule has 0 fully saturated rings. The van der Waals surface area contributed by atoms with Crippen molar-refractivity contribution in [1.82, 2.24) is 14.5 Å². The summed E-state index contributed by atoms with van der Waals surface area (Å²) in [4.78, 5) is 10.4. The number of hydrogen-bond acceptors (Lipinski definition) is 6. The van der Waals surface area contributed by atoms with Gasteiger partial charge in [0.1, 0.15) is 11.8 Å². The number of halogens is 3. The summed E-state index contributed by atoms with van der Waals surface area (Å²) in [5.74, 6) is -3.67. The first-order valence-corrected chi connectivity index (χ1v) is 8.78. The second-order valence-corrected chi connectivity index (χ2v) is 7.46. The van der Waals surface area contributed by atoms with Gasteiger partial charge in [0.05, 0.1) is 18.4 Å². The van der Waals surface area contributed by atoms with Crippen LogP contribution in [-0.4, -0.2) is 51.5 Å². The fourth-order valence-corrected chi connectivity index (χ4v) is 4.51. The van der Waals surface area contributed by atoms with Crippen molar-refractivity contribution in [2.45, 2.75) is 30.3 Å². The molecule has 1 unspecified atom stereocenters. The third kappa shape index (κ3) is 3.55. The molecule has 2 aromatic rings. The van der Waals surface area contributed by atoms with E-state index in [0.29, 0.717) is 21.6 Å². The zero-order valence-electron chi connectivity index (χ0n) is 13.3. The quantitative estimate of drug-likeness (QED) is 0.694. The highest BCUT2D eigenvalue weighted by molar-refractivity contribution is 7.89. The number of benzene rings is 1. The van der Waals surface area contributed by atoms with E-state index in [2.05, 4.69) is 14.9 Å². The number of H-pyrrole nitrogens is 1. The average molecular weight is 407 g/mol. The molecule has 146 valence electrons. The Bertz CT molecular complexity index is 988. The van der Waals surface area contributed by atoms with Gasteiger partial charge in [0.2, 0.25) is 0 Å². The minimum absolute atomic E-state index is 0.247. The smallest absolute Gasteiger partial charge is 0.506 e. The van der Waals surface area contributed by atoms with Gasteiger partial charge < -0.3 is 14.9 Å². The molecule has 0 saturated heterocycles. The van der Waals surface area contributed by atoms with Crippen molar-refractivity contribution in [3.05, 3.63) is 35.7 Å². The van der Waals surface area contributed by atoms with Gasteiger partial charge in [0.25, 0.3) is 10.0 Å². The Hall–Kier alpha value is -2.80. The van der Waals surface area contributed by atoms with Crippen molar-refractivity contribution in [2.24, 2.45) is 0 Å². The number of hydrogen-bond donors (Lipinski definition) is 3. The molecule has 3 rings (SSSR count). The first-order chi connectivity index (χ1) is 12.5. The number of aromatic amines is 1. The maximum absolute atomic E-state index is 13.0. The number of ether oxygens (including phenoxy) is 1. The van der Waals surface area contributed by atoms with Crippen LogP contribution in [0.15, 0.2) is 29.3 Å². The number of carbonyl (C=O) groups is 1. The van der Waals surface area contributed by atoms with Crippen molar-refractivity contribution < 1.29 is 41.3 Å². The number of phenolic OH excluding ortho intramolecular Hbond substituents is 1. The Labute approximate surface area is 150 Å². The molecule has 0 aliphatic carbocycles. The summed E-state index contributed by atoms with van der Waals surface area (Å²) in [6.45, 7) is -0.478. The van der Waals surface area contributed by atoms with Gasteiger partial charge in [0, 0.05) is 6.42 Å². The maximum Gasteiger partial charge on any atom is 0.573 e. The van der Waals surface area contributed by atoms with Gasteiger partial charge in [0.15, 0.2) is 10.6 Å². The number of phenols is 1. The molecule has 2 heterocycles. The number of nitrogens with zero attached hydrogens (tertiary/aromatic N) is 2. The first kappa shape index (κ1) is 19.0. The summed E-state index contributed by atoms with van der Waals surface area (Å²) in [5.41, 5.74) is 0.766. The minimum atomic E-state index is -5.22. The van der Waals surface area contributed by atoms with Crippen LogP contribution in [0, 0.1) is 0 Å². The van der Waals surface area contributed by atoms with Gasteiger partial charge in [-0.3, -0.25) is 9.89 Å². The van der Waals surface area contributed by atoms with Crippen molar-refractivity contribution in [3.8, 4) is 11.5 Å². The Morgan fingerprint density at radius 3 is 2.70 bits per heavy atom. The van der Waals surface area contributed by atoms with E-state index in [9.17, 15) is 36.6 Å². The molecule has 0 spiro atoms. The number of carboxylic acid groups (broad SMARTS) is 1. The van der Waals surface area contributed by atoms with Gasteiger partial charge >= 0.3 is 12.3 Å². The van der Waals surface area contributed by atoms with E-state index < -0.39 is 51.3 Å². The van der Waals surface area contributed by atoms with E-state index in [1.54, 1.807) is 0 Å². The van der Waals surface area contributed by atoms with Crippen LogP contribution >= 0.6 is 0 Å². The molecule has 3 N–H and O–H groups in total. The Balaban J connectivity index is 2.12. The second-order valence-electron chi connectivity index (χ2n) is 5.63. The van der Waals surface area contributed by atoms with Crippen LogP contribution in [0.2, 0.25) is 0 Å². The number of aliphatic carboxylic acids is 1. The molecule has 0 amide bonds. The summed E-state index contributed by atoms with van der Waals surface area (Å²) in [6.07, 6.45) is -4.13. The number of sulfonamides is 1. The predicted octanol–water partition coefficient (Wildman–Crippen LogP) is 1.21. The number of rotatable bonds is 4. The molecule has 0 saturated carbocycles. The Kier molecular flexibility index (Phi) is 4.51. The fourth-order valence-electron chi connectivity index (χ4n) is 2.78. The Morgan fingerprint density at radius 2 is 2.07 bits per heavy atom. The number of carboxylic acids is 1. The van der Waals surface area contributed by atoms with Crippen LogP contribution in [0.25, 0.3) is 0 Å². The lowest BCUT2D eigenvalue weighted by Crippen LogP contribution is -2.48. The van der Waals surface area contributed by atoms with Crippen LogP contribution in [0.3, 0.4) is 0 Å².